The van der Waals surface area contributed by atoms with Crippen LogP contribution in [0, 0.1) is 5.92 Å². The second kappa shape index (κ2) is 10.4. The molecule has 2 aromatic carbocycles. The number of esters is 1. The van der Waals surface area contributed by atoms with E-state index in [-0.39, 0.29) is 11.9 Å². The van der Waals surface area contributed by atoms with Crippen molar-refractivity contribution in [2.75, 3.05) is 13.1 Å². The van der Waals surface area contributed by atoms with E-state index in [1.165, 1.54) is 5.56 Å². The number of nitrogens with zero attached hydrogens (tertiary/aromatic N) is 2. The molecule has 2 rings (SSSR count). The van der Waals surface area contributed by atoms with Gasteiger partial charge in [-0.1, -0.05) is 55.8 Å². The molecule has 0 radical (unpaired) electrons. The van der Waals surface area contributed by atoms with Gasteiger partial charge in [0.1, 0.15) is 5.75 Å². The lowest BCUT2D eigenvalue weighted by atomic mass is 10.2. The van der Waals surface area contributed by atoms with Crippen molar-refractivity contribution in [2.45, 2.75) is 34.2 Å². The number of ether oxygens (including phenoxy) is 1. The molecule has 0 saturated heterocycles. The second-order valence-corrected chi connectivity index (χ2v) is 7.56. The zero-order chi connectivity index (χ0) is 19.8. The maximum Gasteiger partial charge on any atom is 0.313 e. The fourth-order valence-corrected chi connectivity index (χ4v) is 2.86. The van der Waals surface area contributed by atoms with E-state index >= 15 is 0 Å². The monoisotopic (exact) mass is 430 g/mol. The summed E-state index contributed by atoms with van der Waals surface area (Å²) < 4.78 is 6.39. The van der Waals surface area contributed by atoms with Crippen molar-refractivity contribution in [2.24, 2.45) is 10.9 Å². The zero-order valence-corrected chi connectivity index (χ0v) is 18.0. The van der Waals surface area contributed by atoms with Crippen LogP contribution in [0.1, 0.15) is 38.8 Å². The van der Waals surface area contributed by atoms with Gasteiger partial charge in [0.25, 0.3) is 0 Å². The topological polar surface area (TPSA) is 41.9 Å². The van der Waals surface area contributed by atoms with E-state index in [1.54, 1.807) is 12.3 Å². The summed E-state index contributed by atoms with van der Waals surface area (Å²) >= 11 is 3.46. The first kappa shape index (κ1) is 21.3. The summed E-state index contributed by atoms with van der Waals surface area (Å²) in [7, 11) is 0. The number of rotatable bonds is 8. The lowest BCUT2D eigenvalue weighted by Crippen LogP contribution is -2.21. The van der Waals surface area contributed by atoms with Gasteiger partial charge in [-0.3, -0.25) is 14.7 Å². The minimum Gasteiger partial charge on any atom is -0.426 e. The van der Waals surface area contributed by atoms with E-state index in [1.807, 2.05) is 38.1 Å². The first-order valence-electron chi connectivity index (χ1n) is 9.29. The molecule has 0 amide bonds. The number of carbonyl (C=O) groups is 1. The van der Waals surface area contributed by atoms with Crippen LogP contribution in [0.3, 0.4) is 0 Å². The summed E-state index contributed by atoms with van der Waals surface area (Å²) in [5.74, 6) is 0.0725. The van der Waals surface area contributed by atoms with Crippen LogP contribution in [-0.2, 0) is 11.3 Å². The van der Waals surface area contributed by atoms with Crippen LogP contribution < -0.4 is 4.74 Å². The highest BCUT2D eigenvalue weighted by molar-refractivity contribution is 9.10. The molecule has 0 spiro atoms. The highest BCUT2D eigenvalue weighted by Crippen LogP contribution is 2.24. The van der Waals surface area contributed by atoms with Crippen molar-refractivity contribution in [1.29, 1.82) is 0 Å². The normalized spacial score (nSPS) is 11.5. The Morgan fingerprint density at radius 1 is 1.15 bits per heavy atom. The minimum absolute atomic E-state index is 0.184. The molecule has 2 aromatic rings. The van der Waals surface area contributed by atoms with Crippen molar-refractivity contribution in [3.8, 4) is 5.75 Å². The molecule has 0 atom stereocenters. The molecule has 27 heavy (non-hydrogen) atoms. The molecular formula is C22H27BrN2O2. The van der Waals surface area contributed by atoms with Gasteiger partial charge in [-0.15, -0.1) is 0 Å². The first-order chi connectivity index (χ1) is 12.9. The summed E-state index contributed by atoms with van der Waals surface area (Å²) in [4.78, 5) is 18.8. The zero-order valence-electron chi connectivity index (χ0n) is 16.4. The lowest BCUT2D eigenvalue weighted by Gasteiger charge is -2.17. The molecule has 0 aliphatic carbocycles. The summed E-state index contributed by atoms with van der Waals surface area (Å²) in [6.07, 6.45) is 1.73. The fourth-order valence-electron chi connectivity index (χ4n) is 2.48. The predicted octanol–water partition coefficient (Wildman–Crippen LogP) is 5.60. The largest absolute Gasteiger partial charge is 0.426 e. The van der Waals surface area contributed by atoms with Crippen LogP contribution in [0.15, 0.2) is 51.9 Å². The molecule has 0 saturated carbocycles. The Hall–Kier alpha value is -1.98. The van der Waals surface area contributed by atoms with Gasteiger partial charge in [0.15, 0.2) is 0 Å². The third-order valence-corrected chi connectivity index (χ3v) is 4.74. The third-order valence-electron chi connectivity index (χ3n) is 4.24. The molecule has 0 aliphatic heterocycles. The van der Waals surface area contributed by atoms with Crippen molar-refractivity contribution < 1.29 is 9.53 Å². The number of hydrogen-bond donors (Lipinski definition) is 0. The van der Waals surface area contributed by atoms with Gasteiger partial charge in [-0.2, -0.15) is 0 Å². The molecule has 0 heterocycles. The van der Waals surface area contributed by atoms with Gasteiger partial charge < -0.3 is 4.74 Å². The van der Waals surface area contributed by atoms with Crippen LogP contribution in [-0.4, -0.2) is 30.2 Å². The van der Waals surface area contributed by atoms with Crippen LogP contribution in [0.2, 0.25) is 0 Å². The van der Waals surface area contributed by atoms with E-state index in [9.17, 15) is 4.79 Å². The lowest BCUT2D eigenvalue weighted by molar-refractivity contribution is -0.137. The first-order valence-corrected chi connectivity index (χ1v) is 10.1. The number of carbonyl (C=O) groups excluding carboxylic acids is 1. The maximum absolute atomic E-state index is 11.9. The number of benzene rings is 2. The number of halogens is 1. The fraction of sp³-hybridized carbons (Fsp3) is 0.364. The Kier molecular flexibility index (Phi) is 8.20. The Morgan fingerprint density at radius 2 is 1.81 bits per heavy atom. The highest BCUT2D eigenvalue weighted by atomic mass is 79.9. The number of hydrogen-bond acceptors (Lipinski definition) is 4. The molecule has 4 nitrogen and oxygen atoms in total. The van der Waals surface area contributed by atoms with Crippen LogP contribution in [0.5, 0.6) is 5.75 Å². The Bertz CT molecular complexity index is 781. The highest BCUT2D eigenvalue weighted by Gasteiger charge is 2.12. The Labute approximate surface area is 170 Å². The molecular weight excluding hydrogens is 404 g/mol. The average Bonchev–Trinajstić information content (AvgIpc) is 2.67. The van der Waals surface area contributed by atoms with Gasteiger partial charge in [0.05, 0.1) is 11.6 Å². The average molecular weight is 431 g/mol. The molecule has 0 aliphatic rings. The molecule has 0 N–H and O–H groups in total. The predicted molar refractivity (Wildman–Crippen MR) is 115 cm³/mol. The van der Waals surface area contributed by atoms with Crippen LogP contribution in [0.25, 0.3) is 0 Å². The summed E-state index contributed by atoms with van der Waals surface area (Å²) in [6.45, 7) is 11.0. The molecule has 0 unspecified atom stereocenters. The van der Waals surface area contributed by atoms with Crippen LogP contribution >= 0.6 is 15.9 Å². The number of aliphatic imine (C=N–C) groups is 1. The quantitative estimate of drug-likeness (QED) is 0.310. The van der Waals surface area contributed by atoms with Gasteiger partial charge >= 0.3 is 5.97 Å². The smallest absolute Gasteiger partial charge is 0.313 e. The summed E-state index contributed by atoms with van der Waals surface area (Å²) in [5, 5.41) is 0. The molecule has 144 valence electrons. The van der Waals surface area contributed by atoms with E-state index in [0.717, 1.165) is 35.4 Å². The maximum atomic E-state index is 11.9. The second-order valence-electron chi connectivity index (χ2n) is 6.64. The van der Waals surface area contributed by atoms with E-state index in [0.29, 0.717) is 5.75 Å². The summed E-state index contributed by atoms with van der Waals surface area (Å²) in [5.41, 5.74) is 2.89. The molecule has 5 heteroatoms. The van der Waals surface area contributed by atoms with Gasteiger partial charge in [-0.25, -0.2) is 0 Å². The van der Waals surface area contributed by atoms with E-state index in [2.05, 4.69) is 51.8 Å². The minimum atomic E-state index is -0.257. The Balaban J connectivity index is 2.15. The van der Waals surface area contributed by atoms with Gasteiger partial charge in [0.2, 0.25) is 0 Å². The van der Waals surface area contributed by atoms with E-state index in [4.69, 9.17) is 4.74 Å². The van der Waals surface area contributed by atoms with E-state index < -0.39 is 0 Å². The van der Waals surface area contributed by atoms with Crippen molar-refractivity contribution in [1.82, 2.24) is 4.90 Å². The van der Waals surface area contributed by atoms with Gasteiger partial charge in [0, 0.05) is 22.8 Å². The SMILES string of the molecule is CCN(CC)Cc1ccc(N=Cc2cc(Br)ccc2OC(=O)C(C)C)cc1. The molecule has 0 bridgehead atoms. The molecule has 0 fully saturated rings. The summed E-state index contributed by atoms with van der Waals surface area (Å²) in [6, 6.07) is 13.7. The third kappa shape index (κ3) is 6.60. The van der Waals surface area contributed by atoms with Crippen molar-refractivity contribution in [3.63, 3.8) is 0 Å². The Morgan fingerprint density at radius 3 is 2.41 bits per heavy atom. The standard InChI is InChI=1S/C22H27BrN2O2/c1-5-25(6-2)15-17-7-10-20(11-8-17)24-14-18-13-19(23)9-12-21(18)27-22(26)16(3)4/h7-14,16H,5-6,15H2,1-4H3. The van der Waals surface area contributed by atoms with Gasteiger partial charge in [-0.05, 0) is 49.0 Å². The molecule has 0 aromatic heterocycles. The van der Waals surface area contributed by atoms with Crippen molar-refractivity contribution >= 4 is 33.8 Å². The van der Waals surface area contributed by atoms with Crippen LogP contribution in [0.4, 0.5) is 5.69 Å². The van der Waals surface area contributed by atoms with Crippen molar-refractivity contribution in [3.05, 3.63) is 58.1 Å².